The molecule has 1 aromatic rings. The van der Waals surface area contributed by atoms with Crippen molar-refractivity contribution in [2.75, 3.05) is 6.61 Å². The fourth-order valence-electron chi connectivity index (χ4n) is 2.61. The molecule has 1 rings (SSSR count). The van der Waals surface area contributed by atoms with Gasteiger partial charge in [0.2, 0.25) is 0 Å². The molecule has 1 heterocycles. The lowest BCUT2D eigenvalue weighted by Gasteiger charge is -2.43. The summed E-state index contributed by atoms with van der Waals surface area (Å²) < 4.78 is 10.4. The second kappa shape index (κ2) is 7.19. The minimum Gasteiger partial charge on any atom is -0.478 e. The molecule has 0 amide bonds. The first kappa shape index (κ1) is 18.6. The number of carboxylic acid groups (broad SMARTS) is 2. The third-order valence-corrected chi connectivity index (χ3v) is 3.48. The zero-order chi connectivity index (χ0) is 17.7. The zero-order valence-electron chi connectivity index (χ0n) is 13.1. The summed E-state index contributed by atoms with van der Waals surface area (Å²) in [6.07, 6.45) is 2.67. The largest absolute Gasteiger partial charge is 0.478 e. The van der Waals surface area contributed by atoms with Crippen molar-refractivity contribution in [1.82, 2.24) is 4.98 Å². The average Bonchev–Trinajstić information content (AvgIpc) is 2.50. The van der Waals surface area contributed by atoms with Gasteiger partial charge in [-0.1, -0.05) is 13.0 Å². The van der Waals surface area contributed by atoms with Gasteiger partial charge in [-0.15, -0.1) is 0 Å². The van der Waals surface area contributed by atoms with Crippen molar-refractivity contribution in [1.29, 1.82) is 0 Å². The number of ether oxygens (including phenoxy) is 2. The summed E-state index contributed by atoms with van der Waals surface area (Å²) in [7, 11) is 0. The highest BCUT2D eigenvalue weighted by atomic mass is 16.6. The minimum absolute atomic E-state index is 0.00626. The van der Waals surface area contributed by atoms with Crippen LogP contribution in [0.15, 0.2) is 24.5 Å². The van der Waals surface area contributed by atoms with Crippen LogP contribution in [0.4, 0.5) is 0 Å². The van der Waals surface area contributed by atoms with Gasteiger partial charge in [0.1, 0.15) is 0 Å². The van der Waals surface area contributed by atoms with Crippen molar-refractivity contribution < 1.29 is 34.1 Å². The summed E-state index contributed by atoms with van der Waals surface area (Å²) in [5.74, 6) is -4.71. The first-order valence-electron chi connectivity index (χ1n) is 6.99. The van der Waals surface area contributed by atoms with Crippen molar-refractivity contribution in [2.45, 2.75) is 38.4 Å². The normalized spacial score (nSPS) is 13.9. The predicted octanol–water partition coefficient (Wildman–Crippen LogP) is 1.19. The molecular weight excluding hydrogens is 306 g/mol. The molecule has 0 aromatic carbocycles. The van der Waals surface area contributed by atoms with Crippen LogP contribution in [0.3, 0.4) is 0 Å². The number of nitrogens with zero attached hydrogens (tertiary/aromatic N) is 1. The molecule has 1 aromatic heterocycles. The van der Waals surface area contributed by atoms with Crippen LogP contribution >= 0.6 is 0 Å². The van der Waals surface area contributed by atoms with E-state index in [-0.39, 0.29) is 18.6 Å². The molecule has 0 aliphatic heterocycles. The van der Waals surface area contributed by atoms with Gasteiger partial charge >= 0.3 is 23.5 Å². The lowest BCUT2D eigenvalue weighted by atomic mass is 9.75. The number of rotatable bonds is 8. The van der Waals surface area contributed by atoms with Crippen molar-refractivity contribution in [2.24, 2.45) is 0 Å². The van der Waals surface area contributed by atoms with Crippen LogP contribution in [0.1, 0.15) is 32.8 Å². The van der Waals surface area contributed by atoms with Gasteiger partial charge in [-0.3, -0.25) is 9.78 Å². The van der Waals surface area contributed by atoms with E-state index < -0.39 is 29.1 Å². The van der Waals surface area contributed by atoms with Gasteiger partial charge < -0.3 is 19.7 Å². The first-order chi connectivity index (χ1) is 10.8. The lowest BCUT2D eigenvalue weighted by Crippen LogP contribution is -2.65. The van der Waals surface area contributed by atoms with Crippen LogP contribution in [-0.2, 0) is 29.5 Å². The van der Waals surface area contributed by atoms with Gasteiger partial charge in [-0.2, -0.15) is 0 Å². The highest BCUT2D eigenvalue weighted by Gasteiger charge is 2.67. The van der Waals surface area contributed by atoms with Gasteiger partial charge in [-0.25, -0.2) is 9.59 Å². The van der Waals surface area contributed by atoms with E-state index >= 15 is 0 Å². The number of aromatic nitrogens is 1. The second-order valence-corrected chi connectivity index (χ2v) is 4.74. The fraction of sp³-hybridized carbons (Fsp3) is 0.467. The number of carbonyl (C=O) groups is 3. The van der Waals surface area contributed by atoms with Crippen molar-refractivity contribution >= 4 is 17.9 Å². The smallest absolute Gasteiger partial charge is 0.363 e. The minimum atomic E-state index is -2.94. The van der Waals surface area contributed by atoms with Crippen LogP contribution < -0.4 is 0 Å². The van der Waals surface area contributed by atoms with E-state index in [1.54, 1.807) is 13.8 Å². The third kappa shape index (κ3) is 3.02. The Kier molecular flexibility index (Phi) is 5.80. The summed E-state index contributed by atoms with van der Waals surface area (Å²) in [6.45, 7) is 4.08. The van der Waals surface area contributed by atoms with E-state index in [0.29, 0.717) is 0 Å². The molecule has 1 atom stereocenters. The first-order valence-corrected chi connectivity index (χ1v) is 6.99. The summed E-state index contributed by atoms with van der Waals surface area (Å²) in [5, 5.41) is 19.3. The molecule has 1 unspecified atom stereocenters. The van der Waals surface area contributed by atoms with Gasteiger partial charge in [0.15, 0.2) is 5.60 Å². The summed E-state index contributed by atoms with van der Waals surface area (Å²) in [5.41, 5.74) is -4.68. The van der Waals surface area contributed by atoms with E-state index in [1.807, 2.05) is 0 Å². The Morgan fingerprint density at radius 1 is 1.22 bits per heavy atom. The molecule has 8 nitrogen and oxygen atoms in total. The maximum Gasteiger partial charge on any atom is 0.363 e. The van der Waals surface area contributed by atoms with Gasteiger partial charge in [-0.05, 0) is 19.4 Å². The zero-order valence-corrected chi connectivity index (χ0v) is 13.1. The van der Waals surface area contributed by atoms with Gasteiger partial charge in [0.25, 0.3) is 0 Å². The van der Waals surface area contributed by atoms with E-state index in [0.717, 1.165) is 6.92 Å². The molecule has 0 aliphatic rings. The number of esters is 1. The van der Waals surface area contributed by atoms with Crippen LogP contribution in [-0.4, -0.2) is 45.3 Å². The molecule has 0 fully saturated rings. The standard InChI is InChI=1S/C15H19NO7/c1-4-14(22-5-2,11-7-6-8-16-9-11)15(12(18)19,13(20)21)23-10(3)17/h6-9H,4-5H2,1-3H3,(H,18,19)(H,20,21). The SMILES string of the molecule is CCOC(CC)(c1cccnc1)C(OC(C)=O)(C(=O)O)C(=O)O. The second-order valence-electron chi connectivity index (χ2n) is 4.74. The predicted molar refractivity (Wildman–Crippen MR) is 77.6 cm³/mol. The van der Waals surface area contributed by atoms with Gasteiger partial charge in [0, 0.05) is 31.5 Å². The molecule has 0 bridgehead atoms. The van der Waals surface area contributed by atoms with Crippen LogP contribution in [0.25, 0.3) is 0 Å². The van der Waals surface area contributed by atoms with Gasteiger partial charge in [0.05, 0.1) is 0 Å². The Balaban J connectivity index is 3.78. The maximum absolute atomic E-state index is 11.9. The number of aliphatic carboxylic acids is 2. The molecule has 2 N–H and O–H groups in total. The number of pyridine rings is 1. The fourth-order valence-corrected chi connectivity index (χ4v) is 2.61. The number of carboxylic acids is 2. The Bertz CT molecular complexity index is 573. The summed E-state index contributed by atoms with van der Waals surface area (Å²) in [6, 6.07) is 3.00. The quantitative estimate of drug-likeness (QED) is 0.540. The Labute approximate surface area is 133 Å². The Morgan fingerprint density at radius 3 is 2.17 bits per heavy atom. The summed E-state index contributed by atoms with van der Waals surface area (Å²) >= 11 is 0. The monoisotopic (exact) mass is 325 g/mol. The van der Waals surface area contributed by atoms with Crippen LogP contribution in [0.2, 0.25) is 0 Å². The molecule has 0 radical (unpaired) electrons. The van der Waals surface area contributed by atoms with Crippen molar-refractivity contribution in [3.8, 4) is 0 Å². The third-order valence-electron chi connectivity index (χ3n) is 3.48. The molecule has 8 heteroatoms. The molecule has 0 aliphatic carbocycles. The molecule has 0 saturated carbocycles. The number of hydrogen-bond acceptors (Lipinski definition) is 6. The molecule has 0 saturated heterocycles. The molecule has 126 valence electrons. The highest BCUT2D eigenvalue weighted by molar-refractivity contribution is 6.05. The Morgan fingerprint density at radius 2 is 1.83 bits per heavy atom. The molecule has 23 heavy (non-hydrogen) atoms. The van der Waals surface area contributed by atoms with Crippen molar-refractivity contribution in [3.05, 3.63) is 30.1 Å². The van der Waals surface area contributed by atoms with E-state index in [1.165, 1.54) is 24.5 Å². The topological polar surface area (TPSA) is 123 Å². The van der Waals surface area contributed by atoms with E-state index in [9.17, 15) is 24.6 Å². The van der Waals surface area contributed by atoms with E-state index in [2.05, 4.69) is 4.98 Å². The number of carbonyl (C=O) groups excluding carboxylic acids is 1. The van der Waals surface area contributed by atoms with Crippen LogP contribution in [0, 0.1) is 0 Å². The molecule has 0 spiro atoms. The maximum atomic E-state index is 11.9. The molecular formula is C15H19NO7. The van der Waals surface area contributed by atoms with Crippen molar-refractivity contribution in [3.63, 3.8) is 0 Å². The average molecular weight is 325 g/mol. The number of hydrogen-bond donors (Lipinski definition) is 2. The Hall–Kier alpha value is -2.48. The lowest BCUT2D eigenvalue weighted by molar-refractivity contribution is -0.232. The highest BCUT2D eigenvalue weighted by Crippen LogP contribution is 2.43. The van der Waals surface area contributed by atoms with Crippen LogP contribution in [0.5, 0.6) is 0 Å². The van der Waals surface area contributed by atoms with E-state index in [4.69, 9.17) is 9.47 Å². The summed E-state index contributed by atoms with van der Waals surface area (Å²) in [4.78, 5) is 39.1.